The van der Waals surface area contributed by atoms with Gasteiger partial charge in [0.15, 0.2) is 0 Å². The third-order valence-corrected chi connectivity index (χ3v) is 6.20. The molecule has 2 rings (SSSR count). The van der Waals surface area contributed by atoms with Gasteiger partial charge in [-0.1, -0.05) is 71.0 Å². The molecule has 0 aromatic heterocycles. The number of nitrogens with zero attached hydrogens (tertiary/aromatic N) is 1. The summed E-state index contributed by atoms with van der Waals surface area (Å²) in [5, 5.41) is 13.9. The maximum atomic E-state index is 10.3. The molecule has 2 aromatic rings. The Morgan fingerprint density at radius 3 is 2.07 bits per heavy atom. The summed E-state index contributed by atoms with van der Waals surface area (Å²) < 4.78 is 5.93. The van der Waals surface area contributed by atoms with E-state index < -0.39 is 6.10 Å². The van der Waals surface area contributed by atoms with E-state index in [2.05, 4.69) is 50.1 Å². The van der Waals surface area contributed by atoms with E-state index in [9.17, 15) is 5.11 Å². The molecule has 0 aliphatic carbocycles. The molecule has 5 heteroatoms. The Hall–Kier alpha value is -2.53. The van der Waals surface area contributed by atoms with E-state index in [4.69, 9.17) is 16.3 Å². The first-order valence-corrected chi connectivity index (χ1v) is 10.6. The van der Waals surface area contributed by atoms with E-state index in [1.807, 2.05) is 39.0 Å². The number of aliphatic hydroxyl groups is 1. The molecule has 0 bridgehead atoms. The number of nitrogens with two attached hydrogens (primary N) is 2. The predicted molar refractivity (Wildman–Crippen MR) is 125 cm³/mol. The zero-order valence-corrected chi connectivity index (χ0v) is 19.2. The molecule has 30 heavy (non-hydrogen) atoms. The van der Waals surface area contributed by atoms with Crippen LogP contribution >= 0.6 is 0 Å². The number of hydrogen-bond donors (Lipinski definition) is 3. The standard InChI is InChI=1S/C25H37N3O2/c1-7-25(8-2,19-11-9-18(10-12-19)23(26)28-27)20-13-14-21(17(3)15-20)30-16-22(29)24(4,5)6/h9-15,22,29H,7-8,16,27H2,1-6H3,(H2,26,28). The van der Waals surface area contributed by atoms with Crippen LogP contribution in [0.3, 0.4) is 0 Å². The highest BCUT2D eigenvalue weighted by atomic mass is 16.5. The second-order valence-corrected chi connectivity index (χ2v) is 9.05. The molecule has 2 aromatic carbocycles. The van der Waals surface area contributed by atoms with Crippen LogP contribution in [0.5, 0.6) is 5.75 Å². The van der Waals surface area contributed by atoms with Gasteiger partial charge in [-0.25, -0.2) is 0 Å². The zero-order valence-electron chi connectivity index (χ0n) is 19.2. The van der Waals surface area contributed by atoms with Gasteiger partial charge < -0.3 is 21.4 Å². The summed E-state index contributed by atoms with van der Waals surface area (Å²) in [6.45, 7) is 12.8. The predicted octanol–water partition coefficient (Wildman–Crippen LogP) is 4.47. The normalized spacial score (nSPS) is 13.9. The number of hydrogen-bond acceptors (Lipinski definition) is 4. The Kier molecular flexibility index (Phi) is 7.54. The summed E-state index contributed by atoms with van der Waals surface area (Å²) >= 11 is 0. The highest BCUT2D eigenvalue weighted by Gasteiger charge is 2.31. The summed E-state index contributed by atoms with van der Waals surface area (Å²) in [6, 6.07) is 14.5. The quantitative estimate of drug-likeness (QED) is 0.259. The molecule has 1 atom stereocenters. The van der Waals surface area contributed by atoms with Gasteiger partial charge in [0, 0.05) is 11.0 Å². The molecule has 0 saturated heterocycles. The zero-order chi connectivity index (χ0) is 22.5. The van der Waals surface area contributed by atoms with Crippen molar-refractivity contribution >= 4 is 5.84 Å². The fourth-order valence-electron chi connectivity index (χ4n) is 3.80. The summed E-state index contributed by atoms with van der Waals surface area (Å²) in [5.74, 6) is 6.44. The Labute approximate surface area is 181 Å². The first-order valence-electron chi connectivity index (χ1n) is 10.6. The van der Waals surface area contributed by atoms with Crippen molar-refractivity contribution in [3.63, 3.8) is 0 Å². The maximum absolute atomic E-state index is 10.3. The monoisotopic (exact) mass is 411 g/mol. The number of amidine groups is 1. The lowest BCUT2D eigenvalue weighted by atomic mass is 9.70. The molecule has 0 aliphatic heterocycles. The smallest absolute Gasteiger partial charge is 0.150 e. The van der Waals surface area contributed by atoms with Crippen molar-refractivity contribution in [2.45, 2.75) is 65.9 Å². The molecule has 5 N–H and O–H groups in total. The topological polar surface area (TPSA) is 93.9 Å². The van der Waals surface area contributed by atoms with Gasteiger partial charge in [-0.15, -0.1) is 0 Å². The van der Waals surface area contributed by atoms with Crippen LogP contribution < -0.4 is 16.3 Å². The molecule has 5 nitrogen and oxygen atoms in total. The Bertz CT molecular complexity index is 863. The fraction of sp³-hybridized carbons (Fsp3) is 0.480. The van der Waals surface area contributed by atoms with Crippen molar-refractivity contribution < 1.29 is 9.84 Å². The van der Waals surface area contributed by atoms with Crippen molar-refractivity contribution in [2.75, 3.05) is 6.61 Å². The summed E-state index contributed by atoms with van der Waals surface area (Å²) in [7, 11) is 0. The van der Waals surface area contributed by atoms with Crippen molar-refractivity contribution in [2.24, 2.45) is 22.1 Å². The van der Waals surface area contributed by atoms with Gasteiger partial charge in [0.2, 0.25) is 0 Å². The average Bonchev–Trinajstić information content (AvgIpc) is 2.73. The van der Waals surface area contributed by atoms with Crippen LogP contribution in [0.4, 0.5) is 0 Å². The first-order chi connectivity index (χ1) is 14.1. The van der Waals surface area contributed by atoms with Crippen LogP contribution in [-0.4, -0.2) is 23.7 Å². The summed E-state index contributed by atoms with van der Waals surface area (Å²) in [5.41, 5.74) is 9.89. The minimum atomic E-state index is -0.523. The van der Waals surface area contributed by atoms with Crippen LogP contribution in [0.1, 0.15) is 69.7 Å². The van der Waals surface area contributed by atoms with Gasteiger partial charge in [0.25, 0.3) is 0 Å². The molecular weight excluding hydrogens is 374 g/mol. The number of rotatable bonds is 8. The van der Waals surface area contributed by atoms with E-state index in [1.165, 1.54) is 11.1 Å². The Morgan fingerprint density at radius 2 is 1.60 bits per heavy atom. The van der Waals surface area contributed by atoms with Crippen molar-refractivity contribution in [3.8, 4) is 5.75 Å². The molecule has 0 heterocycles. The Morgan fingerprint density at radius 1 is 1.03 bits per heavy atom. The van der Waals surface area contributed by atoms with Crippen LogP contribution in [0.25, 0.3) is 0 Å². The van der Waals surface area contributed by atoms with Gasteiger partial charge in [-0.3, -0.25) is 0 Å². The van der Waals surface area contributed by atoms with Crippen molar-refractivity contribution in [1.82, 2.24) is 0 Å². The SMILES string of the molecule is CCC(CC)(c1ccc(/C(N)=N/N)cc1)c1ccc(OCC(O)C(C)(C)C)c(C)c1. The van der Waals surface area contributed by atoms with Crippen molar-refractivity contribution in [3.05, 3.63) is 64.7 Å². The van der Waals surface area contributed by atoms with Gasteiger partial charge in [-0.2, -0.15) is 5.10 Å². The van der Waals surface area contributed by atoms with E-state index in [0.717, 1.165) is 29.7 Å². The molecule has 0 spiro atoms. The molecule has 0 fully saturated rings. The van der Waals surface area contributed by atoms with Crippen LogP contribution in [0.15, 0.2) is 47.6 Å². The number of aryl methyl sites for hydroxylation is 1. The average molecular weight is 412 g/mol. The lowest BCUT2D eigenvalue weighted by molar-refractivity contribution is 0.0216. The third-order valence-electron chi connectivity index (χ3n) is 6.20. The maximum Gasteiger partial charge on any atom is 0.150 e. The van der Waals surface area contributed by atoms with Gasteiger partial charge in [0.05, 0.1) is 6.10 Å². The van der Waals surface area contributed by atoms with Gasteiger partial charge in [0.1, 0.15) is 18.2 Å². The fourth-order valence-corrected chi connectivity index (χ4v) is 3.80. The van der Waals surface area contributed by atoms with Crippen LogP contribution in [0.2, 0.25) is 0 Å². The Balaban J connectivity index is 2.34. The third kappa shape index (κ3) is 4.96. The number of benzene rings is 2. The second-order valence-electron chi connectivity index (χ2n) is 9.05. The van der Waals surface area contributed by atoms with E-state index in [1.54, 1.807) is 0 Å². The molecule has 164 valence electrons. The van der Waals surface area contributed by atoms with Crippen LogP contribution in [0, 0.1) is 12.3 Å². The lowest BCUT2D eigenvalue weighted by Crippen LogP contribution is -2.32. The lowest BCUT2D eigenvalue weighted by Gasteiger charge is -2.34. The largest absolute Gasteiger partial charge is 0.491 e. The first kappa shape index (κ1) is 23.7. The molecule has 0 saturated carbocycles. The number of hydrazone groups is 1. The molecule has 0 radical (unpaired) electrons. The second kappa shape index (κ2) is 9.52. The highest BCUT2D eigenvalue weighted by molar-refractivity contribution is 5.97. The minimum Gasteiger partial charge on any atom is -0.491 e. The van der Waals surface area contributed by atoms with E-state index >= 15 is 0 Å². The number of aliphatic hydroxyl groups excluding tert-OH is 1. The highest BCUT2D eigenvalue weighted by Crippen LogP contribution is 2.40. The van der Waals surface area contributed by atoms with Crippen molar-refractivity contribution in [1.29, 1.82) is 0 Å². The van der Waals surface area contributed by atoms with Gasteiger partial charge >= 0.3 is 0 Å². The van der Waals surface area contributed by atoms with Crippen LogP contribution in [-0.2, 0) is 5.41 Å². The summed E-state index contributed by atoms with van der Waals surface area (Å²) in [6.07, 6.45) is 1.40. The molecule has 1 unspecified atom stereocenters. The molecule has 0 aliphatic rings. The van der Waals surface area contributed by atoms with E-state index in [-0.39, 0.29) is 17.4 Å². The molecule has 0 amide bonds. The van der Waals surface area contributed by atoms with E-state index in [0.29, 0.717) is 5.84 Å². The number of ether oxygens (including phenoxy) is 1. The summed E-state index contributed by atoms with van der Waals surface area (Å²) in [4.78, 5) is 0. The molecular formula is C25H37N3O2. The van der Waals surface area contributed by atoms with Gasteiger partial charge in [-0.05, 0) is 47.9 Å². The minimum absolute atomic E-state index is 0.110.